The molecule has 24 heavy (non-hydrogen) atoms. The third kappa shape index (κ3) is 2.57. The number of rotatable bonds is 3. The minimum Gasteiger partial charge on any atom is -0.369 e. The van der Waals surface area contributed by atoms with Crippen LogP contribution in [0.3, 0.4) is 0 Å². The van der Waals surface area contributed by atoms with Crippen molar-refractivity contribution in [1.29, 1.82) is 0 Å². The maximum Gasteiger partial charge on any atom is 0.268 e. The molecule has 0 bridgehead atoms. The number of nitrogens with one attached hydrogen (secondary N) is 1. The average Bonchev–Trinajstić information content (AvgIpc) is 3.07. The lowest BCUT2D eigenvalue weighted by Crippen LogP contribution is -2.43. The molecule has 3 aromatic rings. The van der Waals surface area contributed by atoms with Crippen molar-refractivity contribution in [2.24, 2.45) is 0 Å². The number of nitrogens with zero attached hydrogens (tertiary/aromatic N) is 2. The second kappa shape index (κ2) is 5.96. The fourth-order valence-corrected chi connectivity index (χ4v) is 4.49. The van der Waals surface area contributed by atoms with Crippen molar-refractivity contribution >= 4 is 26.6 Å². The van der Waals surface area contributed by atoms with E-state index in [1.165, 1.54) is 3.97 Å². The first-order valence-corrected chi connectivity index (χ1v) is 9.48. The molecule has 0 atom stereocenters. The van der Waals surface area contributed by atoms with Crippen LogP contribution in [0, 0.1) is 0 Å². The highest BCUT2D eigenvalue weighted by molar-refractivity contribution is 7.90. The number of fused-ring (bicyclic) bond motifs is 1. The zero-order chi connectivity index (χ0) is 16.6. The zero-order valence-electron chi connectivity index (χ0n) is 13.2. The van der Waals surface area contributed by atoms with Crippen molar-refractivity contribution in [2.45, 2.75) is 4.90 Å². The predicted octanol–water partition coefficient (Wildman–Crippen LogP) is 2.29. The van der Waals surface area contributed by atoms with E-state index in [0.29, 0.717) is 10.4 Å². The summed E-state index contributed by atoms with van der Waals surface area (Å²) in [5, 5.41) is 4.23. The Morgan fingerprint density at radius 2 is 1.58 bits per heavy atom. The molecule has 0 aliphatic carbocycles. The van der Waals surface area contributed by atoms with Gasteiger partial charge in [-0.1, -0.05) is 18.2 Å². The van der Waals surface area contributed by atoms with E-state index in [1.54, 1.807) is 18.3 Å². The number of hydrogen-bond donors (Lipinski definition) is 1. The molecule has 124 valence electrons. The molecule has 0 unspecified atom stereocenters. The molecule has 4 rings (SSSR count). The summed E-state index contributed by atoms with van der Waals surface area (Å²) in [5.74, 6) is 0. The van der Waals surface area contributed by atoms with Gasteiger partial charge in [0.15, 0.2) is 0 Å². The van der Waals surface area contributed by atoms with E-state index in [9.17, 15) is 8.42 Å². The fourth-order valence-electron chi connectivity index (χ4n) is 3.13. The van der Waals surface area contributed by atoms with Crippen LogP contribution in [0.4, 0.5) is 5.69 Å². The van der Waals surface area contributed by atoms with E-state index >= 15 is 0 Å². The van der Waals surface area contributed by atoms with Gasteiger partial charge in [0.25, 0.3) is 10.0 Å². The Labute approximate surface area is 141 Å². The van der Waals surface area contributed by atoms with Crippen molar-refractivity contribution in [3.05, 3.63) is 60.8 Å². The standard InChI is InChI=1S/C18H19N3O2S/c22-24(23,21-12-9-15-3-1-2-4-18(15)21)17-7-5-16(6-8-17)20-13-10-19-11-14-20/h1-9,12,19H,10-11,13-14H2. The highest BCUT2D eigenvalue weighted by Crippen LogP contribution is 2.24. The van der Waals surface area contributed by atoms with Crippen molar-refractivity contribution in [3.8, 4) is 0 Å². The Bertz CT molecular complexity index is 955. The van der Waals surface area contributed by atoms with E-state index in [-0.39, 0.29) is 0 Å². The summed E-state index contributed by atoms with van der Waals surface area (Å²) >= 11 is 0. The maximum absolute atomic E-state index is 12.9. The van der Waals surface area contributed by atoms with Gasteiger partial charge >= 0.3 is 0 Å². The molecule has 1 aliphatic heterocycles. The second-order valence-corrected chi connectivity index (χ2v) is 7.72. The van der Waals surface area contributed by atoms with Crippen LogP contribution in [0.25, 0.3) is 10.9 Å². The first-order valence-electron chi connectivity index (χ1n) is 8.04. The molecule has 0 amide bonds. The molecule has 1 aliphatic rings. The first kappa shape index (κ1) is 15.2. The van der Waals surface area contributed by atoms with E-state index in [0.717, 1.165) is 37.3 Å². The molecule has 0 spiro atoms. The van der Waals surface area contributed by atoms with Crippen molar-refractivity contribution in [3.63, 3.8) is 0 Å². The number of benzene rings is 2. The van der Waals surface area contributed by atoms with Crippen molar-refractivity contribution < 1.29 is 8.42 Å². The number of aromatic nitrogens is 1. The third-order valence-corrected chi connectivity index (χ3v) is 6.14. The normalized spacial score (nSPS) is 15.8. The van der Waals surface area contributed by atoms with Crippen LogP contribution in [-0.2, 0) is 10.0 Å². The summed E-state index contributed by atoms with van der Waals surface area (Å²) in [6, 6.07) is 16.5. The number of hydrogen-bond acceptors (Lipinski definition) is 4. The Morgan fingerprint density at radius 1 is 0.875 bits per heavy atom. The molecule has 0 saturated carbocycles. The second-order valence-electron chi connectivity index (χ2n) is 5.91. The number of piperazine rings is 1. The average molecular weight is 341 g/mol. The Balaban J connectivity index is 1.69. The van der Waals surface area contributed by atoms with Gasteiger partial charge in [0.05, 0.1) is 10.4 Å². The smallest absolute Gasteiger partial charge is 0.268 e. The Hall–Kier alpha value is -2.31. The SMILES string of the molecule is O=S(=O)(c1ccc(N2CCNCC2)cc1)n1ccc2ccccc21. The van der Waals surface area contributed by atoms with E-state index in [4.69, 9.17) is 0 Å². The topological polar surface area (TPSA) is 54.3 Å². The van der Waals surface area contributed by atoms with Crippen LogP contribution in [0.15, 0.2) is 65.7 Å². The number of para-hydroxylation sites is 1. The van der Waals surface area contributed by atoms with Crippen LogP contribution in [-0.4, -0.2) is 38.6 Å². The Morgan fingerprint density at radius 3 is 2.33 bits per heavy atom. The monoisotopic (exact) mass is 341 g/mol. The minimum absolute atomic E-state index is 0.308. The van der Waals surface area contributed by atoms with Crippen LogP contribution in [0.5, 0.6) is 0 Å². The summed E-state index contributed by atoms with van der Waals surface area (Å²) in [5.41, 5.74) is 1.76. The van der Waals surface area contributed by atoms with E-state index in [1.807, 2.05) is 42.5 Å². The van der Waals surface area contributed by atoms with E-state index < -0.39 is 10.0 Å². The third-order valence-electron chi connectivity index (χ3n) is 4.44. The lowest BCUT2D eigenvalue weighted by molar-refractivity contribution is 0.586. The molecule has 2 heterocycles. The van der Waals surface area contributed by atoms with Gasteiger partial charge < -0.3 is 10.2 Å². The van der Waals surface area contributed by atoms with Gasteiger partial charge in [-0.15, -0.1) is 0 Å². The maximum atomic E-state index is 12.9. The van der Waals surface area contributed by atoms with Gasteiger partial charge in [0.2, 0.25) is 0 Å². The molecular weight excluding hydrogens is 322 g/mol. The lowest BCUT2D eigenvalue weighted by Gasteiger charge is -2.29. The van der Waals surface area contributed by atoms with Gasteiger partial charge in [-0.05, 0) is 36.4 Å². The minimum atomic E-state index is -3.58. The molecule has 1 aromatic heterocycles. The van der Waals surface area contributed by atoms with Crippen LogP contribution in [0.1, 0.15) is 0 Å². The highest BCUT2D eigenvalue weighted by Gasteiger charge is 2.19. The molecule has 1 saturated heterocycles. The number of anilines is 1. The molecule has 1 N–H and O–H groups in total. The summed E-state index contributed by atoms with van der Waals surface area (Å²) < 4.78 is 27.2. The Kier molecular flexibility index (Phi) is 3.78. The zero-order valence-corrected chi connectivity index (χ0v) is 14.0. The highest BCUT2D eigenvalue weighted by atomic mass is 32.2. The molecule has 5 nitrogen and oxygen atoms in total. The van der Waals surface area contributed by atoms with Crippen molar-refractivity contribution in [2.75, 3.05) is 31.1 Å². The largest absolute Gasteiger partial charge is 0.369 e. The van der Waals surface area contributed by atoms with Crippen molar-refractivity contribution in [1.82, 2.24) is 9.29 Å². The predicted molar refractivity (Wildman–Crippen MR) is 96.0 cm³/mol. The molecule has 6 heteroatoms. The van der Waals surface area contributed by atoms with Gasteiger partial charge in [-0.3, -0.25) is 0 Å². The van der Waals surface area contributed by atoms with Crippen LogP contribution < -0.4 is 10.2 Å². The summed E-state index contributed by atoms with van der Waals surface area (Å²) in [7, 11) is -3.58. The summed E-state index contributed by atoms with van der Waals surface area (Å²) in [6.45, 7) is 3.79. The van der Waals surface area contributed by atoms with Gasteiger partial charge in [-0.25, -0.2) is 12.4 Å². The van der Waals surface area contributed by atoms with Crippen LogP contribution >= 0.6 is 0 Å². The van der Waals surface area contributed by atoms with Gasteiger partial charge in [0.1, 0.15) is 0 Å². The molecule has 0 radical (unpaired) electrons. The summed E-state index contributed by atoms with van der Waals surface area (Å²) in [6.07, 6.45) is 1.62. The van der Waals surface area contributed by atoms with Crippen LogP contribution in [0.2, 0.25) is 0 Å². The molecule has 2 aromatic carbocycles. The fraction of sp³-hybridized carbons (Fsp3) is 0.222. The first-order chi connectivity index (χ1) is 11.7. The van der Waals surface area contributed by atoms with Gasteiger partial charge in [0, 0.05) is 43.4 Å². The molecule has 1 fully saturated rings. The lowest BCUT2D eigenvalue weighted by atomic mass is 10.2. The quantitative estimate of drug-likeness (QED) is 0.794. The summed E-state index contributed by atoms with van der Waals surface area (Å²) in [4.78, 5) is 2.57. The van der Waals surface area contributed by atoms with E-state index in [2.05, 4.69) is 10.2 Å². The van der Waals surface area contributed by atoms with Gasteiger partial charge in [-0.2, -0.15) is 0 Å². The molecular formula is C18H19N3O2S.